The molecule has 2 amide bonds. The van der Waals surface area contributed by atoms with Crippen LogP contribution in [-0.4, -0.2) is 52.3 Å². The summed E-state index contributed by atoms with van der Waals surface area (Å²) in [5.74, 6) is 1.53. The number of aromatic nitrogens is 1. The van der Waals surface area contributed by atoms with E-state index < -0.39 is 0 Å². The molecule has 5 nitrogen and oxygen atoms in total. The third-order valence-corrected chi connectivity index (χ3v) is 6.82. The van der Waals surface area contributed by atoms with E-state index in [1.807, 2.05) is 18.3 Å². The fourth-order valence-corrected chi connectivity index (χ4v) is 5.55. The van der Waals surface area contributed by atoms with Crippen molar-refractivity contribution in [3.63, 3.8) is 0 Å². The number of para-hydroxylation sites is 1. The van der Waals surface area contributed by atoms with Crippen LogP contribution in [-0.2, 0) is 16.0 Å². The minimum absolute atomic E-state index is 0.269. The number of fused-ring (bicyclic) bond motifs is 5. The Labute approximate surface area is 159 Å². The van der Waals surface area contributed by atoms with Crippen LogP contribution in [0.3, 0.4) is 0 Å². The molecule has 1 N–H and O–H groups in total. The summed E-state index contributed by atoms with van der Waals surface area (Å²) in [4.78, 5) is 32.7. The van der Waals surface area contributed by atoms with Crippen molar-refractivity contribution in [3.8, 4) is 0 Å². The quantitative estimate of drug-likeness (QED) is 0.909. The van der Waals surface area contributed by atoms with Crippen LogP contribution in [0.25, 0.3) is 10.9 Å². The predicted molar refractivity (Wildman–Crippen MR) is 104 cm³/mol. The zero-order chi connectivity index (χ0) is 18.4. The third kappa shape index (κ3) is 3.03. The summed E-state index contributed by atoms with van der Waals surface area (Å²) in [6, 6.07) is 8.63. The lowest BCUT2D eigenvalue weighted by Gasteiger charge is -2.52. The van der Waals surface area contributed by atoms with Gasteiger partial charge in [0.15, 0.2) is 0 Å². The summed E-state index contributed by atoms with van der Waals surface area (Å²) < 4.78 is 0. The van der Waals surface area contributed by atoms with Crippen molar-refractivity contribution in [2.45, 2.75) is 44.6 Å². The third-order valence-electron chi connectivity index (χ3n) is 6.82. The van der Waals surface area contributed by atoms with Gasteiger partial charge in [0.2, 0.25) is 11.8 Å². The molecule has 0 aliphatic carbocycles. The van der Waals surface area contributed by atoms with Crippen LogP contribution < -0.4 is 0 Å². The van der Waals surface area contributed by atoms with E-state index in [4.69, 9.17) is 0 Å². The standard InChI is InChI=1S/C22H27N3O2/c26-21(9-8-16-11-23-19-5-2-1-4-18(16)19)24-12-15-10-17(14-24)20-6-3-7-22(27)25(20)13-15/h1-2,4-5,11,15,17,20,23H,3,6-10,12-14H2. The zero-order valence-electron chi connectivity index (χ0n) is 15.7. The highest BCUT2D eigenvalue weighted by atomic mass is 16.2. The van der Waals surface area contributed by atoms with Crippen LogP contribution in [0, 0.1) is 11.8 Å². The van der Waals surface area contributed by atoms with E-state index in [-0.39, 0.29) is 5.91 Å². The Morgan fingerprint density at radius 3 is 3.00 bits per heavy atom. The number of carbonyl (C=O) groups is 2. The highest BCUT2D eigenvalue weighted by Gasteiger charge is 2.44. The molecule has 1 aromatic carbocycles. The molecule has 5 rings (SSSR count). The van der Waals surface area contributed by atoms with E-state index in [0.717, 1.165) is 44.4 Å². The summed E-state index contributed by atoms with van der Waals surface area (Å²) in [7, 11) is 0. The molecule has 2 bridgehead atoms. The molecule has 0 spiro atoms. The molecule has 3 fully saturated rings. The summed E-state index contributed by atoms with van der Waals surface area (Å²) >= 11 is 0. The monoisotopic (exact) mass is 365 g/mol. The number of H-pyrrole nitrogens is 1. The number of amides is 2. The molecule has 4 heterocycles. The highest BCUT2D eigenvalue weighted by molar-refractivity contribution is 5.84. The van der Waals surface area contributed by atoms with Gasteiger partial charge < -0.3 is 14.8 Å². The van der Waals surface area contributed by atoms with Gasteiger partial charge in [0.25, 0.3) is 0 Å². The molecule has 3 aliphatic heterocycles. The molecule has 0 saturated carbocycles. The van der Waals surface area contributed by atoms with Crippen molar-refractivity contribution in [1.82, 2.24) is 14.8 Å². The fraction of sp³-hybridized carbons (Fsp3) is 0.545. The number of benzene rings is 1. The van der Waals surface area contributed by atoms with Crippen molar-refractivity contribution >= 4 is 22.7 Å². The topological polar surface area (TPSA) is 56.4 Å². The Morgan fingerprint density at radius 2 is 2.07 bits per heavy atom. The Morgan fingerprint density at radius 1 is 1.19 bits per heavy atom. The molecule has 3 unspecified atom stereocenters. The number of piperidine rings is 3. The average molecular weight is 365 g/mol. The number of nitrogens with one attached hydrogen (secondary N) is 1. The lowest BCUT2D eigenvalue weighted by atomic mass is 9.76. The van der Waals surface area contributed by atoms with E-state index in [9.17, 15) is 9.59 Å². The number of rotatable bonds is 3. The largest absolute Gasteiger partial charge is 0.361 e. The Kier molecular flexibility index (Phi) is 4.18. The van der Waals surface area contributed by atoms with Crippen LogP contribution in [0.5, 0.6) is 0 Å². The number of hydrogen-bond acceptors (Lipinski definition) is 2. The second-order valence-corrected chi connectivity index (χ2v) is 8.53. The molecular formula is C22H27N3O2. The second-order valence-electron chi connectivity index (χ2n) is 8.53. The maximum absolute atomic E-state index is 12.9. The van der Waals surface area contributed by atoms with E-state index in [1.54, 1.807) is 0 Å². The molecule has 0 radical (unpaired) electrons. The van der Waals surface area contributed by atoms with Crippen LogP contribution in [0.15, 0.2) is 30.5 Å². The van der Waals surface area contributed by atoms with Gasteiger partial charge in [-0.25, -0.2) is 0 Å². The molecule has 1 aromatic heterocycles. The fourth-order valence-electron chi connectivity index (χ4n) is 5.55. The second kappa shape index (κ2) is 6.70. The van der Waals surface area contributed by atoms with Gasteiger partial charge in [0, 0.05) is 55.6 Å². The summed E-state index contributed by atoms with van der Waals surface area (Å²) in [5, 5.41) is 1.22. The van der Waals surface area contributed by atoms with Gasteiger partial charge in [-0.1, -0.05) is 18.2 Å². The zero-order valence-corrected chi connectivity index (χ0v) is 15.7. The number of nitrogens with zero attached hydrogens (tertiary/aromatic N) is 2. The van der Waals surface area contributed by atoms with Gasteiger partial charge in [0.1, 0.15) is 0 Å². The van der Waals surface area contributed by atoms with Gasteiger partial charge in [-0.15, -0.1) is 0 Å². The molecule has 2 aromatic rings. The molecular weight excluding hydrogens is 338 g/mol. The maximum Gasteiger partial charge on any atom is 0.222 e. The summed E-state index contributed by atoms with van der Waals surface area (Å²) in [6.07, 6.45) is 7.39. The van der Waals surface area contributed by atoms with E-state index in [2.05, 4.69) is 26.9 Å². The van der Waals surface area contributed by atoms with E-state index in [0.29, 0.717) is 36.6 Å². The average Bonchev–Trinajstić information content (AvgIpc) is 3.10. The first-order valence-corrected chi connectivity index (χ1v) is 10.3. The number of likely N-dealkylation sites (tertiary alicyclic amines) is 1. The first-order chi connectivity index (χ1) is 13.2. The SMILES string of the molecule is O=C(CCc1c[nH]c2ccccc12)N1CC2CC(C1)C1CCCC(=O)N1C2. The predicted octanol–water partition coefficient (Wildman–Crippen LogP) is 2.96. The van der Waals surface area contributed by atoms with Crippen molar-refractivity contribution in [2.75, 3.05) is 19.6 Å². The van der Waals surface area contributed by atoms with Gasteiger partial charge in [0.05, 0.1) is 0 Å². The first kappa shape index (κ1) is 16.8. The minimum atomic E-state index is 0.269. The Bertz CT molecular complexity index is 873. The van der Waals surface area contributed by atoms with Crippen molar-refractivity contribution in [2.24, 2.45) is 11.8 Å². The highest BCUT2D eigenvalue weighted by Crippen LogP contribution is 2.38. The van der Waals surface area contributed by atoms with Crippen molar-refractivity contribution < 1.29 is 9.59 Å². The summed E-state index contributed by atoms with van der Waals surface area (Å²) in [5.41, 5.74) is 2.36. The minimum Gasteiger partial charge on any atom is -0.361 e. The van der Waals surface area contributed by atoms with Crippen LogP contribution in [0.1, 0.15) is 37.7 Å². The molecule has 3 saturated heterocycles. The lowest BCUT2D eigenvalue weighted by Crippen LogP contribution is -2.61. The number of aryl methyl sites for hydroxylation is 1. The molecule has 142 valence electrons. The van der Waals surface area contributed by atoms with Gasteiger partial charge >= 0.3 is 0 Å². The molecule has 3 atom stereocenters. The molecule has 5 heteroatoms. The first-order valence-electron chi connectivity index (χ1n) is 10.3. The lowest BCUT2D eigenvalue weighted by molar-refractivity contribution is -0.148. The number of hydrogen-bond donors (Lipinski definition) is 1. The van der Waals surface area contributed by atoms with Gasteiger partial charge in [-0.2, -0.15) is 0 Å². The van der Waals surface area contributed by atoms with E-state index in [1.165, 1.54) is 17.4 Å². The van der Waals surface area contributed by atoms with Crippen LogP contribution >= 0.6 is 0 Å². The summed E-state index contributed by atoms with van der Waals surface area (Å²) in [6.45, 7) is 2.50. The van der Waals surface area contributed by atoms with E-state index >= 15 is 0 Å². The van der Waals surface area contributed by atoms with Gasteiger partial charge in [-0.05, 0) is 49.1 Å². The molecule has 27 heavy (non-hydrogen) atoms. The smallest absolute Gasteiger partial charge is 0.222 e. The normalized spacial score (nSPS) is 27.7. The Balaban J connectivity index is 1.24. The van der Waals surface area contributed by atoms with Crippen molar-refractivity contribution in [3.05, 3.63) is 36.0 Å². The van der Waals surface area contributed by atoms with Crippen LogP contribution in [0.4, 0.5) is 0 Å². The number of aromatic amines is 1. The maximum atomic E-state index is 12.9. The van der Waals surface area contributed by atoms with Crippen LogP contribution in [0.2, 0.25) is 0 Å². The number of carbonyl (C=O) groups excluding carboxylic acids is 2. The van der Waals surface area contributed by atoms with Gasteiger partial charge in [-0.3, -0.25) is 9.59 Å². The van der Waals surface area contributed by atoms with Crippen molar-refractivity contribution in [1.29, 1.82) is 0 Å². The Hall–Kier alpha value is -2.30. The molecule has 3 aliphatic rings.